The molecule has 1 heterocycles. The van der Waals surface area contributed by atoms with Gasteiger partial charge < -0.3 is 15.2 Å². The number of aromatic nitrogens is 2. The van der Waals surface area contributed by atoms with Gasteiger partial charge in [0.1, 0.15) is 10.8 Å². The average Bonchev–Trinajstić information content (AvgIpc) is 3.01. The van der Waals surface area contributed by atoms with Crippen molar-refractivity contribution in [3.8, 4) is 5.75 Å². The molecule has 0 saturated carbocycles. The molecule has 0 saturated heterocycles. The lowest BCUT2D eigenvalue weighted by molar-refractivity contribution is 0.175. The molecule has 0 radical (unpaired) electrons. The average molecular weight is 336 g/mol. The van der Waals surface area contributed by atoms with Crippen LogP contribution in [-0.2, 0) is 0 Å². The van der Waals surface area contributed by atoms with Gasteiger partial charge in [-0.15, -0.1) is 10.2 Å². The molecule has 1 aromatic carbocycles. The van der Waals surface area contributed by atoms with Gasteiger partial charge in [0.05, 0.1) is 13.2 Å². The fourth-order valence-corrected chi connectivity index (χ4v) is 2.53. The number of carbonyl (C=O) groups is 1. The highest BCUT2D eigenvalue weighted by molar-refractivity contribution is 7.15. The second-order valence-corrected chi connectivity index (χ2v) is 6.23. The monoisotopic (exact) mass is 336 g/mol. The Morgan fingerprint density at radius 3 is 2.57 bits per heavy atom. The molecule has 23 heavy (non-hydrogen) atoms. The van der Waals surface area contributed by atoms with Gasteiger partial charge >= 0.3 is 6.03 Å². The number of urea groups is 1. The van der Waals surface area contributed by atoms with Gasteiger partial charge in [-0.3, -0.25) is 5.32 Å². The molecule has 124 valence electrons. The van der Waals surface area contributed by atoms with Crippen LogP contribution in [0.3, 0.4) is 0 Å². The number of aliphatic hydroxyl groups is 1. The van der Waals surface area contributed by atoms with Crippen LogP contribution in [0.25, 0.3) is 0 Å². The lowest BCUT2D eigenvalue weighted by Crippen LogP contribution is -2.32. The highest BCUT2D eigenvalue weighted by atomic mass is 32.1. The molecule has 2 rings (SSSR count). The van der Waals surface area contributed by atoms with Gasteiger partial charge in [0.15, 0.2) is 0 Å². The van der Waals surface area contributed by atoms with Crippen molar-refractivity contribution < 1.29 is 14.6 Å². The lowest BCUT2D eigenvalue weighted by atomic mass is 10.1. The van der Waals surface area contributed by atoms with Crippen LogP contribution < -0.4 is 15.4 Å². The van der Waals surface area contributed by atoms with Gasteiger partial charge in [-0.2, -0.15) is 0 Å². The summed E-state index contributed by atoms with van der Waals surface area (Å²) in [5.41, 5.74) is 0.698. The van der Waals surface area contributed by atoms with Crippen molar-refractivity contribution in [2.24, 2.45) is 0 Å². The Morgan fingerprint density at radius 2 is 2.00 bits per heavy atom. The number of carbonyl (C=O) groups excluding carboxylic acids is 1. The Bertz CT molecular complexity index is 642. The fourth-order valence-electron chi connectivity index (χ4n) is 1.79. The van der Waals surface area contributed by atoms with E-state index in [9.17, 15) is 9.90 Å². The van der Waals surface area contributed by atoms with Crippen molar-refractivity contribution in [2.45, 2.75) is 25.9 Å². The molecule has 1 atom stereocenters. The Balaban J connectivity index is 1.82. The summed E-state index contributed by atoms with van der Waals surface area (Å²) in [5, 5.41) is 24.5. The van der Waals surface area contributed by atoms with E-state index in [-0.39, 0.29) is 12.5 Å². The summed E-state index contributed by atoms with van der Waals surface area (Å²) in [6, 6.07) is 6.59. The highest BCUT2D eigenvalue weighted by Crippen LogP contribution is 2.22. The second-order valence-electron chi connectivity index (χ2n) is 5.22. The topological polar surface area (TPSA) is 96.4 Å². The number of rotatable bonds is 6. The number of nitrogens with one attached hydrogen (secondary N) is 2. The van der Waals surface area contributed by atoms with Crippen molar-refractivity contribution in [3.63, 3.8) is 0 Å². The lowest BCUT2D eigenvalue weighted by Gasteiger charge is -2.12. The van der Waals surface area contributed by atoms with Crippen LogP contribution in [0.2, 0.25) is 0 Å². The molecule has 2 amide bonds. The third kappa shape index (κ3) is 4.90. The van der Waals surface area contributed by atoms with Gasteiger partial charge in [-0.05, 0) is 17.7 Å². The molecule has 0 fully saturated rings. The maximum Gasteiger partial charge on any atom is 0.321 e. The third-order valence-corrected chi connectivity index (χ3v) is 4.25. The van der Waals surface area contributed by atoms with Crippen LogP contribution in [0, 0.1) is 0 Å². The summed E-state index contributed by atoms with van der Waals surface area (Å²) in [7, 11) is 1.58. The standard InChI is InChI=1S/C15H20N4O3S/c1-9(2)13-18-19-15(23-13)17-14(21)16-8-12(20)10-4-6-11(22-3)7-5-10/h4-7,9,12,20H,8H2,1-3H3,(H2,16,17,19,21)/t12-/m1/s1. The van der Waals surface area contributed by atoms with Crippen molar-refractivity contribution in [3.05, 3.63) is 34.8 Å². The van der Waals surface area contributed by atoms with Crippen molar-refractivity contribution >= 4 is 22.5 Å². The molecule has 8 heteroatoms. The molecular formula is C15H20N4O3S. The SMILES string of the molecule is COc1ccc([C@H](O)CNC(=O)Nc2nnc(C(C)C)s2)cc1. The van der Waals surface area contributed by atoms with Crippen LogP contribution in [0.15, 0.2) is 24.3 Å². The van der Waals surface area contributed by atoms with E-state index in [4.69, 9.17) is 4.74 Å². The van der Waals surface area contributed by atoms with Crippen molar-refractivity contribution in [2.75, 3.05) is 19.0 Å². The molecule has 2 aromatic rings. The number of methoxy groups -OCH3 is 1. The zero-order valence-electron chi connectivity index (χ0n) is 13.2. The first-order valence-corrected chi connectivity index (χ1v) is 8.01. The van der Waals surface area contributed by atoms with E-state index in [0.717, 1.165) is 5.01 Å². The predicted octanol–water partition coefficient (Wildman–Crippen LogP) is 2.53. The molecule has 0 aliphatic rings. The minimum absolute atomic E-state index is 0.0913. The van der Waals surface area contributed by atoms with E-state index in [0.29, 0.717) is 16.4 Å². The molecule has 3 N–H and O–H groups in total. The van der Waals surface area contributed by atoms with E-state index in [1.165, 1.54) is 11.3 Å². The maximum absolute atomic E-state index is 11.8. The first-order chi connectivity index (χ1) is 11.0. The zero-order valence-corrected chi connectivity index (χ0v) is 14.1. The van der Waals surface area contributed by atoms with E-state index < -0.39 is 12.1 Å². The Labute approximate surface area is 138 Å². The van der Waals surface area contributed by atoms with Gasteiger partial charge in [-0.1, -0.05) is 37.3 Å². The molecule has 0 bridgehead atoms. The number of anilines is 1. The fraction of sp³-hybridized carbons (Fsp3) is 0.400. The third-order valence-electron chi connectivity index (χ3n) is 3.11. The summed E-state index contributed by atoms with van der Waals surface area (Å²) in [6.07, 6.45) is -0.799. The minimum atomic E-state index is -0.799. The second kappa shape index (κ2) is 7.89. The highest BCUT2D eigenvalue weighted by Gasteiger charge is 2.12. The Kier molecular flexibility index (Phi) is 5.89. The first-order valence-electron chi connectivity index (χ1n) is 7.20. The predicted molar refractivity (Wildman–Crippen MR) is 89.0 cm³/mol. The van der Waals surface area contributed by atoms with E-state index >= 15 is 0 Å². The Morgan fingerprint density at radius 1 is 1.30 bits per heavy atom. The zero-order chi connectivity index (χ0) is 16.8. The number of nitrogens with zero attached hydrogens (tertiary/aromatic N) is 2. The van der Waals surface area contributed by atoms with E-state index in [1.54, 1.807) is 31.4 Å². The largest absolute Gasteiger partial charge is 0.497 e. The maximum atomic E-state index is 11.8. The molecular weight excluding hydrogens is 316 g/mol. The number of hydrogen-bond donors (Lipinski definition) is 3. The van der Waals surface area contributed by atoms with Crippen LogP contribution in [0.5, 0.6) is 5.75 Å². The molecule has 1 aromatic heterocycles. The van der Waals surface area contributed by atoms with Gasteiger partial charge in [-0.25, -0.2) is 4.79 Å². The minimum Gasteiger partial charge on any atom is -0.497 e. The van der Waals surface area contributed by atoms with Crippen LogP contribution in [0.4, 0.5) is 9.93 Å². The molecule has 0 aliphatic heterocycles. The summed E-state index contributed by atoms with van der Waals surface area (Å²) in [6.45, 7) is 4.11. The summed E-state index contributed by atoms with van der Waals surface area (Å²) in [4.78, 5) is 11.8. The van der Waals surface area contributed by atoms with Crippen LogP contribution in [-0.4, -0.2) is 35.0 Å². The number of ether oxygens (including phenoxy) is 1. The van der Waals surface area contributed by atoms with Gasteiger partial charge in [0.2, 0.25) is 5.13 Å². The van der Waals surface area contributed by atoms with Crippen molar-refractivity contribution in [1.82, 2.24) is 15.5 Å². The summed E-state index contributed by atoms with van der Waals surface area (Å²) >= 11 is 1.33. The molecule has 0 unspecified atom stereocenters. The number of benzene rings is 1. The summed E-state index contributed by atoms with van der Waals surface area (Å²) < 4.78 is 5.06. The molecule has 7 nitrogen and oxygen atoms in total. The summed E-state index contributed by atoms with van der Waals surface area (Å²) in [5.74, 6) is 0.979. The first kappa shape index (κ1) is 17.2. The molecule has 0 spiro atoms. The van der Waals surface area contributed by atoms with E-state index in [1.807, 2.05) is 13.8 Å². The number of aliphatic hydroxyl groups excluding tert-OH is 1. The van der Waals surface area contributed by atoms with Crippen molar-refractivity contribution in [1.29, 1.82) is 0 Å². The van der Waals surface area contributed by atoms with Crippen LogP contribution in [0.1, 0.15) is 36.4 Å². The van der Waals surface area contributed by atoms with Gasteiger partial charge in [0.25, 0.3) is 0 Å². The van der Waals surface area contributed by atoms with E-state index in [2.05, 4.69) is 20.8 Å². The van der Waals surface area contributed by atoms with Gasteiger partial charge in [0, 0.05) is 12.5 Å². The quantitative estimate of drug-likeness (QED) is 0.753. The number of amides is 2. The number of hydrogen-bond acceptors (Lipinski definition) is 6. The van der Waals surface area contributed by atoms with Crippen LogP contribution >= 0.6 is 11.3 Å². The molecule has 0 aliphatic carbocycles. The Hall–Kier alpha value is -2.19. The normalized spacial score (nSPS) is 12.0. The smallest absolute Gasteiger partial charge is 0.321 e.